The number of sulfonamides is 1. The summed E-state index contributed by atoms with van der Waals surface area (Å²) in [6.45, 7) is 0. The lowest BCUT2D eigenvalue weighted by Gasteiger charge is -2.18. The quantitative estimate of drug-likeness (QED) is 0.263. The zero-order valence-corrected chi connectivity index (χ0v) is 20.1. The third-order valence-corrected chi connectivity index (χ3v) is 6.79. The Labute approximate surface area is 209 Å². The van der Waals surface area contributed by atoms with Gasteiger partial charge in [-0.15, -0.1) is 0 Å². The lowest BCUT2D eigenvalue weighted by Crippen LogP contribution is -2.49. The highest BCUT2D eigenvalue weighted by molar-refractivity contribution is 7.90. The van der Waals surface area contributed by atoms with Crippen LogP contribution >= 0.6 is 0 Å². The number of para-hydroxylation sites is 1. The zero-order valence-electron chi connectivity index (χ0n) is 19.3. The fraction of sp³-hybridized carbons (Fsp3) is 0.250. The number of benzene rings is 2. The van der Waals surface area contributed by atoms with Crippen molar-refractivity contribution < 1.29 is 28.0 Å². The Hall–Kier alpha value is -3.61. The average molecular weight is 508 g/mol. The third-order valence-electron chi connectivity index (χ3n) is 5.52. The maximum Gasteiger partial charge on any atom is 0.475 e. The number of hydrogen-bond donors (Lipinski definition) is 3. The van der Waals surface area contributed by atoms with Crippen LogP contribution in [0.2, 0.25) is 0 Å². The fourth-order valence-corrected chi connectivity index (χ4v) is 4.36. The van der Waals surface area contributed by atoms with Crippen LogP contribution in [0.3, 0.4) is 0 Å². The molecule has 3 N–H and O–H groups in total. The maximum atomic E-state index is 13.1. The number of nitrogens with one attached hydrogen (secondary N) is 1. The van der Waals surface area contributed by atoms with Crippen LogP contribution in [-0.4, -0.2) is 53.1 Å². The van der Waals surface area contributed by atoms with Gasteiger partial charge in [0, 0.05) is 6.42 Å². The van der Waals surface area contributed by atoms with E-state index < -0.39 is 29.0 Å². The predicted octanol–water partition coefficient (Wildman–Crippen LogP) is 1.94. The van der Waals surface area contributed by atoms with Crippen LogP contribution in [0.15, 0.2) is 82.4 Å². The molecule has 0 saturated heterocycles. The Bertz CT molecular complexity index is 1300. The fourth-order valence-electron chi connectivity index (χ4n) is 3.44. The molecule has 0 radical (unpaired) electrons. The van der Waals surface area contributed by atoms with E-state index in [4.69, 9.17) is 4.74 Å². The number of carbonyl (C=O) groups excluding carboxylic acids is 1. The highest BCUT2D eigenvalue weighted by atomic mass is 32.2. The average Bonchev–Trinajstić information content (AvgIpc) is 3.69. The molecule has 0 bridgehead atoms. The van der Waals surface area contributed by atoms with Crippen LogP contribution in [0.25, 0.3) is 0 Å². The molecular weight excluding hydrogens is 483 g/mol. The van der Waals surface area contributed by atoms with Gasteiger partial charge in [0.15, 0.2) is 0 Å². The van der Waals surface area contributed by atoms with E-state index in [1.165, 1.54) is 0 Å². The number of carbonyl (C=O) groups is 1. The van der Waals surface area contributed by atoms with Crippen molar-refractivity contribution in [2.24, 2.45) is 10.3 Å². The monoisotopic (exact) mass is 508 g/mol. The van der Waals surface area contributed by atoms with Gasteiger partial charge >= 0.3 is 13.1 Å². The molecule has 2 aromatic carbocycles. The van der Waals surface area contributed by atoms with Crippen LogP contribution in [-0.2, 0) is 21.2 Å². The number of amides is 1. The molecule has 36 heavy (non-hydrogen) atoms. The van der Waals surface area contributed by atoms with Crippen molar-refractivity contribution >= 4 is 28.8 Å². The molecule has 1 heterocycles. The lowest BCUT2D eigenvalue weighted by molar-refractivity contribution is -0.115. The Morgan fingerprint density at radius 1 is 1.06 bits per heavy atom. The van der Waals surface area contributed by atoms with E-state index in [0.29, 0.717) is 23.7 Å². The molecule has 0 aliphatic heterocycles. The number of ether oxygens (including phenoxy) is 1. The van der Waals surface area contributed by atoms with Gasteiger partial charge in [0.25, 0.3) is 15.9 Å². The first kappa shape index (κ1) is 25.5. The number of nitrogens with zero attached hydrogens (tertiary/aromatic N) is 3. The van der Waals surface area contributed by atoms with Crippen molar-refractivity contribution in [3.05, 3.63) is 78.6 Å². The summed E-state index contributed by atoms with van der Waals surface area (Å²) in [5.74, 6) is -0.957. The number of hydrogen-bond acceptors (Lipinski definition) is 8. The first-order chi connectivity index (χ1) is 17.3. The van der Waals surface area contributed by atoms with Gasteiger partial charge in [-0.05, 0) is 30.0 Å². The Morgan fingerprint density at radius 2 is 1.67 bits per heavy atom. The summed E-state index contributed by atoms with van der Waals surface area (Å²) in [5, 5.41) is 21.9. The minimum absolute atomic E-state index is 0.0498. The van der Waals surface area contributed by atoms with E-state index in [2.05, 4.69) is 19.7 Å². The highest BCUT2D eigenvalue weighted by Gasteiger charge is 2.34. The van der Waals surface area contributed by atoms with Crippen LogP contribution in [0.5, 0.6) is 11.8 Å². The first-order valence-electron chi connectivity index (χ1n) is 11.4. The van der Waals surface area contributed by atoms with Crippen molar-refractivity contribution in [1.82, 2.24) is 15.3 Å². The first-order valence-corrected chi connectivity index (χ1v) is 12.8. The molecular formula is C24H25BN4O6S. The third kappa shape index (κ3) is 7.20. The normalized spacial score (nSPS) is 14.7. The Kier molecular flexibility index (Phi) is 8.09. The van der Waals surface area contributed by atoms with E-state index in [1.54, 1.807) is 54.6 Å². The molecule has 0 unspecified atom stereocenters. The molecule has 1 aliphatic carbocycles. The Balaban J connectivity index is 1.57. The SMILES string of the molecule is O=C(N[C@@H](CC1CC1)B(O)O)C(Cc1ccccc1)=NS(=O)(=O)c1cnc(Oc2ccccc2)nc1. The van der Waals surface area contributed by atoms with Crippen LogP contribution in [0, 0.1) is 5.92 Å². The molecule has 1 atom stereocenters. The van der Waals surface area contributed by atoms with Crippen molar-refractivity contribution in [3.8, 4) is 11.8 Å². The van der Waals surface area contributed by atoms with E-state index in [-0.39, 0.29) is 23.0 Å². The van der Waals surface area contributed by atoms with Gasteiger partial charge in [0.1, 0.15) is 16.4 Å². The minimum Gasteiger partial charge on any atom is -0.426 e. The Morgan fingerprint density at radius 3 is 2.25 bits per heavy atom. The molecule has 1 aliphatic rings. The van der Waals surface area contributed by atoms with Crippen molar-refractivity contribution in [2.45, 2.75) is 36.5 Å². The van der Waals surface area contributed by atoms with E-state index in [1.807, 2.05) is 6.07 Å². The van der Waals surface area contributed by atoms with Crippen molar-refractivity contribution in [2.75, 3.05) is 0 Å². The molecule has 10 nitrogen and oxygen atoms in total. The summed E-state index contributed by atoms with van der Waals surface area (Å²) < 4.78 is 35.3. The van der Waals surface area contributed by atoms with Crippen LogP contribution in [0.1, 0.15) is 24.8 Å². The highest BCUT2D eigenvalue weighted by Crippen LogP contribution is 2.33. The molecule has 3 aromatic rings. The van der Waals surface area contributed by atoms with Crippen molar-refractivity contribution in [3.63, 3.8) is 0 Å². The maximum absolute atomic E-state index is 13.1. The van der Waals surface area contributed by atoms with Gasteiger partial charge in [-0.3, -0.25) is 4.79 Å². The molecule has 0 spiro atoms. The van der Waals surface area contributed by atoms with Crippen LogP contribution < -0.4 is 10.1 Å². The minimum atomic E-state index is -4.36. The zero-order chi connectivity index (χ0) is 25.5. The topological polar surface area (TPSA) is 151 Å². The summed E-state index contributed by atoms with van der Waals surface area (Å²) in [7, 11) is -6.14. The summed E-state index contributed by atoms with van der Waals surface area (Å²) in [6, 6.07) is 17.5. The number of rotatable bonds is 11. The standard InChI is InChI=1S/C24H25BN4O6S/c30-23(28-22(25(31)32)14-18-11-12-18)21(13-17-7-3-1-4-8-17)29-36(33,34)20-15-26-24(27-16-20)35-19-9-5-2-6-10-19/h1-10,15-16,18,22,31-32H,11-14H2,(H,28,30)/t22-/m0/s1. The van der Waals surface area contributed by atoms with Crippen LogP contribution in [0.4, 0.5) is 0 Å². The summed E-state index contributed by atoms with van der Waals surface area (Å²) in [5.41, 5.74) is 0.361. The van der Waals surface area contributed by atoms with Gasteiger partial charge in [0.05, 0.1) is 18.3 Å². The second kappa shape index (κ2) is 11.4. The van der Waals surface area contributed by atoms with Gasteiger partial charge in [-0.25, -0.2) is 9.97 Å². The van der Waals surface area contributed by atoms with E-state index in [9.17, 15) is 23.3 Å². The van der Waals surface area contributed by atoms with Gasteiger partial charge in [-0.1, -0.05) is 61.4 Å². The largest absolute Gasteiger partial charge is 0.475 e. The molecule has 12 heteroatoms. The smallest absolute Gasteiger partial charge is 0.426 e. The van der Waals surface area contributed by atoms with E-state index >= 15 is 0 Å². The molecule has 1 fully saturated rings. The summed E-state index contributed by atoms with van der Waals surface area (Å²) in [4.78, 5) is 20.6. The molecule has 186 valence electrons. The van der Waals surface area contributed by atoms with Gasteiger partial charge in [0.2, 0.25) is 0 Å². The van der Waals surface area contributed by atoms with Crippen molar-refractivity contribution in [1.29, 1.82) is 0 Å². The molecule has 1 saturated carbocycles. The second-order valence-corrected chi connectivity index (χ2v) is 10.1. The van der Waals surface area contributed by atoms with Gasteiger partial charge < -0.3 is 20.1 Å². The molecule has 4 rings (SSSR count). The predicted molar refractivity (Wildman–Crippen MR) is 133 cm³/mol. The lowest BCUT2D eigenvalue weighted by atomic mass is 9.76. The number of aromatic nitrogens is 2. The summed E-state index contributed by atoms with van der Waals surface area (Å²) >= 11 is 0. The van der Waals surface area contributed by atoms with E-state index in [0.717, 1.165) is 25.2 Å². The molecule has 1 amide bonds. The summed E-state index contributed by atoms with van der Waals surface area (Å²) in [6.07, 6.45) is 4.29. The molecule has 1 aromatic heterocycles. The van der Waals surface area contributed by atoms with Gasteiger partial charge in [-0.2, -0.15) is 12.8 Å². The second-order valence-electron chi connectivity index (χ2n) is 8.46.